The molecule has 0 saturated heterocycles. The first-order valence-corrected chi connectivity index (χ1v) is 7.80. The Morgan fingerprint density at radius 3 is 3.00 bits per heavy atom. The van der Waals surface area contributed by atoms with Crippen LogP contribution in [0.5, 0.6) is 0 Å². The molecule has 0 atom stereocenters. The van der Waals surface area contributed by atoms with Crippen molar-refractivity contribution in [2.24, 2.45) is 0 Å². The first-order chi connectivity index (χ1) is 11.7. The Bertz CT molecular complexity index is 1050. The normalized spacial score (nSPS) is 11.0. The summed E-state index contributed by atoms with van der Waals surface area (Å²) in [5.74, 6) is -0.0680. The highest BCUT2D eigenvalue weighted by Crippen LogP contribution is 2.23. The Balaban J connectivity index is 1.54. The van der Waals surface area contributed by atoms with Crippen LogP contribution in [0.3, 0.4) is 0 Å². The second-order valence-electron chi connectivity index (χ2n) is 5.90. The zero-order chi connectivity index (χ0) is 16.5. The lowest BCUT2D eigenvalue weighted by Gasteiger charge is -2.06. The lowest BCUT2D eigenvalue weighted by molar-refractivity contribution is -0.115. The van der Waals surface area contributed by atoms with Gasteiger partial charge in [-0.25, -0.2) is 0 Å². The molecule has 118 valence electrons. The molecule has 0 spiro atoms. The fourth-order valence-corrected chi connectivity index (χ4v) is 2.86. The third-order valence-electron chi connectivity index (χ3n) is 4.05. The van der Waals surface area contributed by atoms with Crippen molar-refractivity contribution in [3.05, 3.63) is 72.1 Å². The second kappa shape index (κ2) is 5.81. The molecule has 1 amide bonds. The summed E-state index contributed by atoms with van der Waals surface area (Å²) in [5.41, 5.74) is 4.52. The fraction of sp³-hybridized carbons (Fsp3) is 0.100. The minimum Gasteiger partial charge on any atom is -0.464 e. The van der Waals surface area contributed by atoms with E-state index >= 15 is 0 Å². The van der Waals surface area contributed by atoms with Crippen LogP contribution in [0.15, 0.2) is 65.4 Å². The molecule has 4 heteroatoms. The van der Waals surface area contributed by atoms with Crippen molar-refractivity contribution >= 4 is 33.5 Å². The van der Waals surface area contributed by atoms with Crippen molar-refractivity contribution in [1.82, 2.24) is 4.98 Å². The largest absolute Gasteiger partial charge is 0.464 e. The van der Waals surface area contributed by atoms with E-state index in [0.29, 0.717) is 0 Å². The van der Waals surface area contributed by atoms with Gasteiger partial charge in [0.25, 0.3) is 0 Å². The molecule has 4 rings (SSSR count). The second-order valence-corrected chi connectivity index (χ2v) is 5.90. The summed E-state index contributed by atoms with van der Waals surface area (Å²) in [6.45, 7) is 2.02. The van der Waals surface area contributed by atoms with E-state index in [4.69, 9.17) is 4.42 Å². The molecule has 0 saturated carbocycles. The predicted octanol–water partition coefficient (Wildman–Crippen LogP) is 4.47. The van der Waals surface area contributed by atoms with E-state index in [1.807, 2.05) is 55.5 Å². The van der Waals surface area contributed by atoms with Crippen LogP contribution in [0.2, 0.25) is 0 Å². The number of anilines is 1. The van der Waals surface area contributed by atoms with Crippen LogP contribution < -0.4 is 5.32 Å². The number of pyridine rings is 1. The third kappa shape index (κ3) is 2.74. The van der Waals surface area contributed by atoms with Crippen LogP contribution in [0.25, 0.3) is 21.9 Å². The number of nitrogens with zero attached hydrogens (tertiary/aromatic N) is 1. The van der Waals surface area contributed by atoms with Crippen LogP contribution >= 0.6 is 0 Å². The number of aryl methyl sites for hydroxylation is 1. The summed E-state index contributed by atoms with van der Waals surface area (Å²) in [6.07, 6.45) is 3.70. The molecule has 1 N–H and O–H groups in total. The molecule has 2 aromatic carbocycles. The lowest BCUT2D eigenvalue weighted by Crippen LogP contribution is -2.14. The highest BCUT2D eigenvalue weighted by atomic mass is 16.3. The van der Waals surface area contributed by atoms with E-state index in [2.05, 4.69) is 10.3 Å². The number of aromatic nitrogens is 1. The Kier molecular flexibility index (Phi) is 3.50. The summed E-state index contributed by atoms with van der Waals surface area (Å²) in [4.78, 5) is 16.6. The van der Waals surface area contributed by atoms with Gasteiger partial charge in [0.1, 0.15) is 5.58 Å². The van der Waals surface area contributed by atoms with Crippen molar-refractivity contribution in [3.8, 4) is 0 Å². The van der Waals surface area contributed by atoms with Crippen molar-refractivity contribution in [3.63, 3.8) is 0 Å². The quantitative estimate of drug-likeness (QED) is 0.606. The van der Waals surface area contributed by atoms with Gasteiger partial charge in [0.2, 0.25) is 5.91 Å². The van der Waals surface area contributed by atoms with E-state index in [1.54, 1.807) is 12.5 Å². The van der Waals surface area contributed by atoms with Gasteiger partial charge >= 0.3 is 0 Å². The van der Waals surface area contributed by atoms with Gasteiger partial charge in [-0.2, -0.15) is 0 Å². The summed E-state index contributed by atoms with van der Waals surface area (Å²) in [5, 5.41) is 4.92. The summed E-state index contributed by atoms with van der Waals surface area (Å²) < 4.78 is 5.55. The van der Waals surface area contributed by atoms with Crippen LogP contribution in [0, 0.1) is 6.92 Å². The fourth-order valence-electron chi connectivity index (χ4n) is 2.86. The van der Waals surface area contributed by atoms with Gasteiger partial charge < -0.3 is 9.73 Å². The molecule has 0 aliphatic heterocycles. The molecule has 0 aliphatic carbocycles. The predicted molar refractivity (Wildman–Crippen MR) is 95.0 cm³/mol. The first kappa shape index (κ1) is 14.5. The van der Waals surface area contributed by atoms with Gasteiger partial charge in [0.15, 0.2) is 0 Å². The molecule has 4 aromatic rings. The number of carbonyl (C=O) groups excluding carboxylic acids is 1. The number of carbonyl (C=O) groups is 1. The molecule has 0 unspecified atom stereocenters. The van der Waals surface area contributed by atoms with Crippen molar-refractivity contribution < 1.29 is 9.21 Å². The number of hydrogen-bond acceptors (Lipinski definition) is 3. The number of nitrogens with one attached hydrogen (secondary N) is 1. The summed E-state index contributed by atoms with van der Waals surface area (Å²) in [7, 11) is 0. The molecule has 4 nitrogen and oxygen atoms in total. The van der Waals surface area contributed by atoms with Crippen LogP contribution in [0.1, 0.15) is 11.1 Å². The first-order valence-electron chi connectivity index (χ1n) is 7.80. The summed E-state index contributed by atoms with van der Waals surface area (Å²) in [6, 6.07) is 15.6. The molecule has 0 fully saturated rings. The number of benzene rings is 2. The highest BCUT2D eigenvalue weighted by Gasteiger charge is 2.11. The topological polar surface area (TPSA) is 55.1 Å². The Hall–Kier alpha value is -3.14. The maximum absolute atomic E-state index is 12.4. The van der Waals surface area contributed by atoms with E-state index < -0.39 is 0 Å². The highest BCUT2D eigenvalue weighted by molar-refractivity contribution is 5.97. The molecule has 2 aromatic heterocycles. The number of amides is 1. The van der Waals surface area contributed by atoms with Crippen molar-refractivity contribution in [2.75, 3.05) is 5.32 Å². The van der Waals surface area contributed by atoms with Crippen molar-refractivity contribution in [1.29, 1.82) is 0 Å². The van der Waals surface area contributed by atoms with E-state index in [9.17, 15) is 4.79 Å². The maximum atomic E-state index is 12.4. The van der Waals surface area contributed by atoms with Crippen molar-refractivity contribution in [2.45, 2.75) is 13.3 Å². The molecule has 2 heterocycles. The van der Waals surface area contributed by atoms with Crippen LogP contribution in [-0.2, 0) is 11.2 Å². The van der Waals surface area contributed by atoms with Crippen LogP contribution in [0.4, 0.5) is 5.69 Å². The Morgan fingerprint density at radius 1 is 1.17 bits per heavy atom. The van der Waals surface area contributed by atoms with Gasteiger partial charge in [-0.15, -0.1) is 0 Å². The van der Waals surface area contributed by atoms with Crippen LogP contribution in [-0.4, -0.2) is 10.9 Å². The van der Waals surface area contributed by atoms with E-state index in [0.717, 1.165) is 38.7 Å². The standard InChI is InChI=1S/C20H16N2O2/c1-13-4-6-17-15(12-24-19(17)9-13)11-20(23)22-16-5-7-18-14(10-16)3-2-8-21-18/h2-10,12H,11H2,1H3,(H,22,23). The van der Waals surface area contributed by atoms with E-state index in [1.165, 1.54) is 0 Å². The smallest absolute Gasteiger partial charge is 0.228 e. The third-order valence-corrected chi connectivity index (χ3v) is 4.05. The number of furan rings is 1. The molecule has 0 bridgehead atoms. The summed E-state index contributed by atoms with van der Waals surface area (Å²) >= 11 is 0. The molecule has 0 aliphatic rings. The average molecular weight is 316 g/mol. The zero-order valence-corrected chi connectivity index (χ0v) is 13.2. The zero-order valence-electron chi connectivity index (χ0n) is 13.2. The number of fused-ring (bicyclic) bond motifs is 2. The molecular weight excluding hydrogens is 300 g/mol. The minimum atomic E-state index is -0.0680. The monoisotopic (exact) mass is 316 g/mol. The number of rotatable bonds is 3. The Labute approximate surface area is 139 Å². The molecule has 24 heavy (non-hydrogen) atoms. The van der Waals surface area contributed by atoms with E-state index in [-0.39, 0.29) is 12.3 Å². The average Bonchev–Trinajstić information content (AvgIpc) is 2.96. The molecule has 0 radical (unpaired) electrons. The van der Waals surface area contributed by atoms with Gasteiger partial charge in [-0.1, -0.05) is 18.2 Å². The maximum Gasteiger partial charge on any atom is 0.228 e. The number of hydrogen-bond donors (Lipinski definition) is 1. The molecular formula is C20H16N2O2. The van der Waals surface area contributed by atoms with Gasteiger partial charge in [-0.05, 0) is 42.8 Å². The lowest BCUT2D eigenvalue weighted by atomic mass is 10.1. The minimum absolute atomic E-state index is 0.0680. The van der Waals surface area contributed by atoms with Gasteiger partial charge in [0.05, 0.1) is 18.2 Å². The Morgan fingerprint density at radius 2 is 2.08 bits per heavy atom. The van der Waals surface area contributed by atoms with Gasteiger partial charge in [0, 0.05) is 28.2 Å². The SMILES string of the molecule is Cc1ccc2c(CC(=O)Nc3ccc4ncccc4c3)coc2c1. The van der Waals surface area contributed by atoms with Gasteiger partial charge in [-0.3, -0.25) is 9.78 Å².